The Labute approximate surface area is 105 Å². The van der Waals surface area contributed by atoms with Crippen LogP contribution < -0.4 is 0 Å². The van der Waals surface area contributed by atoms with Gasteiger partial charge in [-0.1, -0.05) is 35.0 Å². The van der Waals surface area contributed by atoms with Crippen LogP contribution in [0.15, 0.2) is 22.7 Å². The van der Waals surface area contributed by atoms with E-state index in [9.17, 15) is 10.1 Å². The summed E-state index contributed by atoms with van der Waals surface area (Å²) in [6.07, 6.45) is 1.79. The predicted molar refractivity (Wildman–Crippen MR) is 67.5 cm³/mol. The topological polar surface area (TPSA) is 43.1 Å². The Morgan fingerprint density at radius 2 is 2.20 bits per heavy atom. The molecule has 1 atom stereocenters. The number of nitro groups is 1. The van der Waals surface area contributed by atoms with Gasteiger partial charge in [-0.25, -0.2) is 0 Å². The molecule has 0 heterocycles. The average Bonchev–Trinajstić information content (AvgIpc) is 2.15. The molecule has 5 heteroatoms. The van der Waals surface area contributed by atoms with Crippen molar-refractivity contribution in [3.05, 3.63) is 38.3 Å². The fraction of sp³-hybridized carbons (Fsp3) is 0.400. The molecule has 82 valence electrons. The standard InChI is InChI=1S/C10H11Br2NO2/c1-7(11)5-6-8-3-2-4-9(10(8)12)13(14)15/h2-4,7H,5-6H2,1H3. The van der Waals surface area contributed by atoms with E-state index in [1.807, 2.05) is 6.07 Å². The highest BCUT2D eigenvalue weighted by atomic mass is 79.9. The van der Waals surface area contributed by atoms with Crippen molar-refractivity contribution in [1.29, 1.82) is 0 Å². The number of aryl methyl sites for hydroxylation is 1. The molecule has 1 rings (SSSR count). The van der Waals surface area contributed by atoms with Crippen molar-refractivity contribution in [3.8, 4) is 0 Å². The van der Waals surface area contributed by atoms with Gasteiger partial charge in [0.2, 0.25) is 0 Å². The van der Waals surface area contributed by atoms with Crippen LogP contribution in [0.2, 0.25) is 0 Å². The molecule has 0 fully saturated rings. The molecule has 1 aromatic carbocycles. The first-order valence-electron chi connectivity index (χ1n) is 4.58. The summed E-state index contributed by atoms with van der Waals surface area (Å²) in [6.45, 7) is 2.06. The minimum absolute atomic E-state index is 0.134. The van der Waals surface area contributed by atoms with E-state index >= 15 is 0 Å². The molecule has 0 aromatic heterocycles. The third-order valence-corrected chi connectivity index (χ3v) is 3.44. The van der Waals surface area contributed by atoms with E-state index in [4.69, 9.17) is 0 Å². The maximum absolute atomic E-state index is 10.7. The van der Waals surface area contributed by atoms with Gasteiger partial charge in [-0.05, 0) is 34.3 Å². The number of nitro benzene ring substituents is 1. The maximum Gasteiger partial charge on any atom is 0.283 e. The van der Waals surface area contributed by atoms with E-state index in [0.29, 0.717) is 9.30 Å². The summed E-state index contributed by atoms with van der Waals surface area (Å²) in [6, 6.07) is 5.13. The molecule has 0 bridgehead atoms. The van der Waals surface area contributed by atoms with Crippen LogP contribution in [0, 0.1) is 10.1 Å². The molecule has 0 saturated carbocycles. The van der Waals surface area contributed by atoms with Gasteiger partial charge < -0.3 is 0 Å². The molecule has 0 aliphatic heterocycles. The second-order valence-corrected chi connectivity index (χ2v) is 5.68. The van der Waals surface area contributed by atoms with Crippen molar-refractivity contribution < 1.29 is 4.92 Å². The highest BCUT2D eigenvalue weighted by Crippen LogP contribution is 2.29. The Morgan fingerprint density at radius 3 is 2.73 bits per heavy atom. The lowest BCUT2D eigenvalue weighted by molar-refractivity contribution is -0.385. The maximum atomic E-state index is 10.7. The lowest BCUT2D eigenvalue weighted by atomic mass is 10.1. The quantitative estimate of drug-likeness (QED) is 0.472. The first kappa shape index (κ1) is 12.6. The van der Waals surface area contributed by atoms with E-state index in [1.54, 1.807) is 6.07 Å². The summed E-state index contributed by atoms with van der Waals surface area (Å²) in [5.74, 6) is 0. The zero-order valence-corrected chi connectivity index (χ0v) is 11.4. The largest absolute Gasteiger partial charge is 0.283 e. The zero-order chi connectivity index (χ0) is 11.4. The Hall–Kier alpha value is -0.420. The first-order chi connectivity index (χ1) is 7.02. The van der Waals surface area contributed by atoms with Crippen LogP contribution in [0.25, 0.3) is 0 Å². The SMILES string of the molecule is CC(Br)CCc1cccc([N+](=O)[O-])c1Br. The molecule has 0 N–H and O–H groups in total. The van der Waals surface area contributed by atoms with Crippen LogP contribution in [0.4, 0.5) is 5.69 Å². The minimum atomic E-state index is -0.370. The van der Waals surface area contributed by atoms with Crippen LogP contribution in [0.1, 0.15) is 18.9 Å². The monoisotopic (exact) mass is 335 g/mol. The molecule has 15 heavy (non-hydrogen) atoms. The van der Waals surface area contributed by atoms with Gasteiger partial charge in [0, 0.05) is 10.9 Å². The number of hydrogen-bond donors (Lipinski definition) is 0. The number of rotatable bonds is 4. The van der Waals surface area contributed by atoms with Crippen LogP contribution in [-0.4, -0.2) is 9.75 Å². The van der Waals surface area contributed by atoms with Gasteiger partial charge in [0.05, 0.1) is 9.40 Å². The first-order valence-corrected chi connectivity index (χ1v) is 6.29. The minimum Gasteiger partial charge on any atom is -0.258 e. The Bertz CT molecular complexity index is 366. The number of nitrogens with zero attached hydrogens (tertiary/aromatic N) is 1. The number of hydrogen-bond acceptors (Lipinski definition) is 2. The summed E-state index contributed by atoms with van der Waals surface area (Å²) < 4.78 is 0.600. The molecule has 0 aliphatic carbocycles. The molecular weight excluding hydrogens is 326 g/mol. The predicted octanol–water partition coefficient (Wildman–Crippen LogP) is 4.07. The Balaban J connectivity index is 2.89. The van der Waals surface area contributed by atoms with Crippen LogP contribution >= 0.6 is 31.9 Å². The van der Waals surface area contributed by atoms with Crippen molar-refractivity contribution in [2.45, 2.75) is 24.6 Å². The lowest BCUT2D eigenvalue weighted by Crippen LogP contribution is -1.97. The van der Waals surface area contributed by atoms with E-state index in [0.717, 1.165) is 18.4 Å². The van der Waals surface area contributed by atoms with Crippen LogP contribution in [-0.2, 0) is 6.42 Å². The summed E-state index contributed by atoms with van der Waals surface area (Å²) in [5, 5.41) is 10.7. The van der Waals surface area contributed by atoms with Crippen molar-refractivity contribution in [2.75, 3.05) is 0 Å². The van der Waals surface area contributed by atoms with Crippen molar-refractivity contribution in [2.24, 2.45) is 0 Å². The summed E-state index contributed by atoms with van der Waals surface area (Å²) in [7, 11) is 0. The van der Waals surface area contributed by atoms with E-state index in [1.165, 1.54) is 6.07 Å². The smallest absolute Gasteiger partial charge is 0.258 e. The highest BCUT2D eigenvalue weighted by molar-refractivity contribution is 9.10. The molecule has 0 saturated heterocycles. The molecule has 0 amide bonds. The van der Waals surface area contributed by atoms with Gasteiger partial charge in [-0.2, -0.15) is 0 Å². The lowest BCUT2D eigenvalue weighted by Gasteiger charge is -2.06. The third-order valence-electron chi connectivity index (χ3n) is 2.07. The highest BCUT2D eigenvalue weighted by Gasteiger charge is 2.14. The van der Waals surface area contributed by atoms with Crippen molar-refractivity contribution in [3.63, 3.8) is 0 Å². The molecule has 1 unspecified atom stereocenters. The van der Waals surface area contributed by atoms with E-state index in [2.05, 4.69) is 38.8 Å². The molecule has 0 radical (unpaired) electrons. The molecule has 3 nitrogen and oxygen atoms in total. The summed E-state index contributed by atoms with van der Waals surface area (Å²) >= 11 is 6.73. The van der Waals surface area contributed by atoms with Crippen molar-refractivity contribution in [1.82, 2.24) is 0 Å². The van der Waals surface area contributed by atoms with Gasteiger partial charge in [0.25, 0.3) is 5.69 Å². The fourth-order valence-electron chi connectivity index (χ4n) is 1.25. The van der Waals surface area contributed by atoms with Crippen LogP contribution in [0.5, 0.6) is 0 Å². The Morgan fingerprint density at radius 1 is 1.53 bits per heavy atom. The third kappa shape index (κ3) is 3.57. The van der Waals surface area contributed by atoms with Gasteiger partial charge in [-0.3, -0.25) is 10.1 Å². The molecule has 0 spiro atoms. The van der Waals surface area contributed by atoms with Crippen LogP contribution in [0.3, 0.4) is 0 Å². The molecule has 1 aromatic rings. The number of halogens is 2. The normalized spacial score (nSPS) is 12.5. The summed E-state index contributed by atoms with van der Waals surface area (Å²) in [4.78, 5) is 10.7. The molecular formula is C10H11Br2NO2. The van der Waals surface area contributed by atoms with Gasteiger partial charge >= 0.3 is 0 Å². The molecule has 0 aliphatic rings. The number of alkyl halides is 1. The van der Waals surface area contributed by atoms with E-state index in [-0.39, 0.29) is 10.6 Å². The summed E-state index contributed by atoms with van der Waals surface area (Å²) in [5.41, 5.74) is 1.12. The Kier molecular flexibility index (Phi) is 4.73. The van der Waals surface area contributed by atoms with Gasteiger partial charge in [0.15, 0.2) is 0 Å². The van der Waals surface area contributed by atoms with E-state index < -0.39 is 0 Å². The zero-order valence-electron chi connectivity index (χ0n) is 8.24. The van der Waals surface area contributed by atoms with Gasteiger partial charge in [-0.15, -0.1) is 0 Å². The average molecular weight is 337 g/mol. The second-order valence-electron chi connectivity index (χ2n) is 3.33. The fourth-order valence-corrected chi connectivity index (χ4v) is 2.09. The second kappa shape index (κ2) is 5.61. The van der Waals surface area contributed by atoms with Gasteiger partial charge in [0.1, 0.15) is 0 Å². The van der Waals surface area contributed by atoms with Crippen molar-refractivity contribution >= 4 is 37.5 Å². The number of benzene rings is 1.